The molecular formula is C21H23F3N4O3S. The lowest BCUT2D eigenvalue weighted by Crippen LogP contribution is -2.54. The first-order chi connectivity index (χ1) is 15.1. The first-order valence-corrected chi connectivity index (χ1v) is 11.3. The Labute approximate surface area is 186 Å². The maximum atomic E-state index is 13.4. The first-order valence-electron chi connectivity index (χ1n) is 10.5. The van der Waals surface area contributed by atoms with Crippen LogP contribution < -0.4 is 15.0 Å². The number of nitrogens with one attached hydrogen (secondary N) is 1. The van der Waals surface area contributed by atoms with Gasteiger partial charge in [-0.25, -0.2) is 4.98 Å². The van der Waals surface area contributed by atoms with Gasteiger partial charge in [0.1, 0.15) is 5.01 Å². The summed E-state index contributed by atoms with van der Waals surface area (Å²) >= 11 is 1.32. The average molecular weight is 469 g/mol. The lowest BCUT2D eigenvalue weighted by Gasteiger charge is -2.36. The minimum absolute atomic E-state index is 0.0357. The lowest BCUT2D eigenvalue weighted by atomic mass is 9.94. The molecule has 2 aromatic heterocycles. The molecule has 2 atom stereocenters. The molecule has 0 radical (unpaired) electrons. The van der Waals surface area contributed by atoms with Crippen LogP contribution in [-0.2, 0) is 5.60 Å². The molecule has 11 heteroatoms. The third-order valence-corrected chi connectivity index (χ3v) is 6.79. The van der Waals surface area contributed by atoms with Crippen molar-refractivity contribution in [3.63, 3.8) is 0 Å². The molecule has 3 fully saturated rings. The Bertz CT molecular complexity index is 1120. The van der Waals surface area contributed by atoms with Gasteiger partial charge in [-0.05, 0) is 39.2 Å². The Balaban J connectivity index is 1.74. The highest BCUT2D eigenvalue weighted by atomic mass is 32.1. The SMILES string of the molecule is CC(C)(O)c1cc(-c2nccs2)c2oc(N3CC4CCCC3CN4)nc2c1OC(F)(F)F. The number of fused-ring (bicyclic) bond motifs is 5. The molecule has 5 heterocycles. The Kier molecular flexibility index (Phi) is 5.10. The number of hydrogen-bond acceptors (Lipinski definition) is 8. The van der Waals surface area contributed by atoms with Crippen LogP contribution in [0, 0.1) is 0 Å². The summed E-state index contributed by atoms with van der Waals surface area (Å²) in [4.78, 5) is 10.8. The van der Waals surface area contributed by atoms with Crippen LogP contribution in [0.4, 0.5) is 19.2 Å². The van der Waals surface area contributed by atoms with Crippen LogP contribution in [0.3, 0.4) is 0 Å². The van der Waals surface area contributed by atoms with Crippen molar-refractivity contribution in [2.45, 2.75) is 57.2 Å². The van der Waals surface area contributed by atoms with E-state index in [-0.39, 0.29) is 34.8 Å². The van der Waals surface area contributed by atoms with Crippen molar-refractivity contribution in [2.24, 2.45) is 0 Å². The Morgan fingerprint density at radius 2 is 2.12 bits per heavy atom. The fourth-order valence-corrected chi connectivity index (χ4v) is 5.16. The van der Waals surface area contributed by atoms with Crippen LogP contribution in [0.25, 0.3) is 21.7 Å². The minimum Gasteiger partial charge on any atom is -0.422 e. The molecule has 0 amide bonds. The second-order valence-corrected chi connectivity index (χ2v) is 9.66. The van der Waals surface area contributed by atoms with E-state index in [4.69, 9.17) is 4.42 Å². The van der Waals surface area contributed by atoms with E-state index >= 15 is 0 Å². The normalized spacial score (nSPS) is 21.9. The number of aromatic nitrogens is 2. The lowest BCUT2D eigenvalue weighted by molar-refractivity contribution is -0.274. The molecule has 0 saturated carbocycles. The van der Waals surface area contributed by atoms with Gasteiger partial charge in [-0.1, -0.05) is 0 Å². The van der Waals surface area contributed by atoms with Gasteiger partial charge < -0.3 is 24.5 Å². The number of piperazine rings is 1. The van der Waals surface area contributed by atoms with Crippen LogP contribution in [0.15, 0.2) is 22.1 Å². The summed E-state index contributed by atoms with van der Waals surface area (Å²) in [5.41, 5.74) is -1.10. The quantitative estimate of drug-likeness (QED) is 0.587. The topological polar surface area (TPSA) is 83.7 Å². The van der Waals surface area contributed by atoms with Gasteiger partial charge >= 0.3 is 6.36 Å². The largest absolute Gasteiger partial charge is 0.573 e. The second-order valence-electron chi connectivity index (χ2n) is 8.76. The van der Waals surface area contributed by atoms with Gasteiger partial charge in [-0.2, -0.15) is 4.98 Å². The summed E-state index contributed by atoms with van der Waals surface area (Å²) < 4.78 is 50.6. The number of benzene rings is 1. The molecular weight excluding hydrogens is 445 g/mol. The van der Waals surface area contributed by atoms with Crippen LogP contribution in [0.2, 0.25) is 0 Å². The summed E-state index contributed by atoms with van der Waals surface area (Å²) in [7, 11) is 0. The molecule has 0 spiro atoms. The van der Waals surface area contributed by atoms with Crippen molar-refractivity contribution >= 4 is 28.5 Å². The first kappa shape index (κ1) is 21.5. The van der Waals surface area contributed by atoms with Crippen LogP contribution in [-0.4, -0.2) is 46.6 Å². The molecule has 2 unspecified atom stereocenters. The van der Waals surface area contributed by atoms with Crippen molar-refractivity contribution in [3.05, 3.63) is 23.2 Å². The molecule has 3 aliphatic rings. The average Bonchev–Trinajstić information content (AvgIpc) is 3.28. The maximum absolute atomic E-state index is 13.4. The molecule has 0 aliphatic carbocycles. The van der Waals surface area contributed by atoms with Crippen molar-refractivity contribution in [3.8, 4) is 16.3 Å². The van der Waals surface area contributed by atoms with Crippen LogP contribution in [0.1, 0.15) is 38.7 Å². The summed E-state index contributed by atoms with van der Waals surface area (Å²) in [5.74, 6) is -0.548. The molecule has 1 aromatic carbocycles. The zero-order chi connectivity index (χ0) is 22.7. The maximum Gasteiger partial charge on any atom is 0.573 e. The van der Waals surface area contributed by atoms with Gasteiger partial charge in [0.2, 0.25) is 0 Å². The number of anilines is 1. The number of aliphatic hydroxyl groups is 1. The number of thiazole rings is 1. The molecule has 3 aliphatic heterocycles. The van der Waals surface area contributed by atoms with Crippen molar-refractivity contribution in [1.29, 1.82) is 0 Å². The summed E-state index contributed by atoms with van der Waals surface area (Å²) in [6.45, 7) is 4.24. The van der Waals surface area contributed by atoms with E-state index in [9.17, 15) is 18.3 Å². The van der Waals surface area contributed by atoms with Gasteiger partial charge in [-0.3, -0.25) is 0 Å². The number of ether oxygens (including phenoxy) is 1. The van der Waals surface area contributed by atoms with Gasteiger partial charge in [0.15, 0.2) is 16.8 Å². The van der Waals surface area contributed by atoms with Crippen LogP contribution >= 0.6 is 11.3 Å². The number of hydrogen-bond donors (Lipinski definition) is 2. The molecule has 3 saturated heterocycles. The molecule has 32 heavy (non-hydrogen) atoms. The van der Waals surface area contributed by atoms with E-state index in [1.54, 1.807) is 11.6 Å². The Hall–Kier alpha value is -2.37. The zero-order valence-electron chi connectivity index (χ0n) is 17.6. The van der Waals surface area contributed by atoms with Gasteiger partial charge in [0.25, 0.3) is 6.01 Å². The van der Waals surface area contributed by atoms with E-state index in [2.05, 4.69) is 20.0 Å². The standard InChI is InChI=1S/C21H23F3N4O3S/c1-20(2,29)14-8-13(18-25-6-7-32-18)16-15(17(14)31-21(22,23)24)27-19(30-16)28-10-11-4-3-5-12(28)9-26-11/h6-8,11-12,26,29H,3-5,9-10H2,1-2H3. The Morgan fingerprint density at radius 1 is 1.31 bits per heavy atom. The predicted octanol–water partition coefficient (Wildman–Crippen LogP) is 4.41. The van der Waals surface area contributed by atoms with E-state index in [0.29, 0.717) is 17.1 Å². The van der Waals surface area contributed by atoms with Crippen molar-refractivity contribution in [2.75, 3.05) is 18.0 Å². The number of rotatable bonds is 4. The van der Waals surface area contributed by atoms with E-state index in [1.807, 2.05) is 4.90 Å². The number of alkyl halides is 3. The highest BCUT2D eigenvalue weighted by Gasteiger charge is 2.39. The fraction of sp³-hybridized carbons (Fsp3) is 0.524. The van der Waals surface area contributed by atoms with Gasteiger partial charge in [-0.15, -0.1) is 24.5 Å². The molecule has 6 rings (SSSR count). The molecule has 3 aromatic rings. The second kappa shape index (κ2) is 7.60. The van der Waals surface area contributed by atoms with E-state index < -0.39 is 17.7 Å². The summed E-state index contributed by atoms with van der Waals surface area (Å²) in [6.07, 6.45) is -0.313. The fourth-order valence-electron chi connectivity index (χ4n) is 4.51. The highest BCUT2D eigenvalue weighted by molar-refractivity contribution is 7.13. The van der Waals surface area contributed by atoms with Crippen LogP contribution in [0.5, 0.6) is 5.75 Å². The number of oxazole rings is 1. The smallest absolute Gasteiger partial charge is 0.422 e. The van der Waals surface area contributed by atoms with E-state index in [1.165, 1.54) is 31.3 Å². The van der Waals surface area contributed by atoms with Gasteiger partial charge in [0, 0.05) is 42.3 Å². The highest BCUT2D eigenvalue weighted by Crippen LogP contribution is 2.45. The third-order valence-electron chi connectivity index (χ3n) is 5.98. The summed E-state index contributed by atoms with van der Waals surface area (Å²) in [5, 5.41) is 16.5. The minimum atomic E-state index is -4.96. The van der Waals surface area contributed by atoms with Crippen molar-refractivity contribution in [1.82, 2.24) is 15.3 Å². The third kappa shape index (κ3) is 3.93. The Morgan fingerprint density at radius 3 is 2.81 bits per heavy atom. The number of halogens is 3. The molecule has 172 valence electrons. The van der Waals surface area contributed by atoms with E-state index in [0.717, 1.165) is 25.8 Å². The zero-order valence-corrected chi connectivity index (χ0v) is 18.4. The molecule has 2 N–H and O–H groups in total. The molecule has 7 nitrogen and oxygen atoms in total. The number of nitrogens with zero attached hydrogens (tertiary/aromatic N) is 3. The molecule has 2 bridgehead atoms. The van der Waals surface area contributed by atoms with Gasteiger partial charge in [0.05, 0.1) is 11.2 Å². The predicted molar refractivity (Wildman–Crippen MR) is 114 cm³/mol. The van der Waals surface area contributed by atoms with Crippen molar-refractivity contribution < 1.29 is 27.4 Å². The monoisotopic (exact) mass is 468 g/mol. The summed E-state index contributed by atoms with van der Waals surface area (Å²) in [6, 6.07) is 2.13.